The molecule has 6 heteroatoms. The fourth-order valence-electron chi connectivity index (χ4n) is 1.85. The van der Waals surface area contributed by atoms with Crippen molar-refractivity contribution in [2.75, 3.05) is 33.2 Å². The number of carbonyl (C=O) groups excluding carboxylic acids is 1. The molecule has 0 aliphatic carbocycles. The number of carbonyl (C=O) groups is 1. The SMILES string of the molecule is CN1CCCN(C(=O)Cn2ccnn2)CC1. The van der Waals surface area contributed by atoms with E-state index in [0.717, 1.165) is 32.6 Å². The normalized spacial score (nSPS) is 18.4. The van der Waals surface area contributed by atoms with E-state index in [-0.39, 0.29) is 5.91 Å². The van der Waals surface area contributed by atoms with Gasteiger partial charge < -0.3 is 9.80 Å². The van der Waals surface area contributed by atoms with Crippen LogP contribution in [0.5, 0.6) is 0 Å². The van der Waals surface area contributed by atoms with Gasteiger partial charge in [0.1, 0.15) is 6.54 Å². The first-order valence-corrected chi connectivity index (χ1v) is 5.56. The Labute approximate surface area is 94.8 Å². The number of rotatable bonds is 2. The molecule has 2 rings (SSSR count). The Kier molecular flexibility index (Phi) is 3.51. The molecule has 1 aliphatic rings. The third kappa shape index (κ3) is 2.79. The van der Waals surface area contributed by atoms with Crippen LogP contribution in [0.1, 0.15) is 6.42 Å². The van der Waals surface area contributed by atoms with Gasteiger partial charge in [-0.15, -0.1) is 5.10 Å². The minimum Gasteiger partial charge on any atom is -0.340 e. The largest absolute Gasteiger partial charge is 0.340 e. The number of hydrogen-bond donors (Lipinski definition) is 0. The summed E-state index contributed by atoms with van der Waals surface area (Å²) >= 11 is 0. The van der Waals surface area contributed by atoms with Gasteiger partial charge in [0.05, 0.1) is 6.20 Å². The van der Waals surface area contributed by atoms with E-state index < -0.39 is 0 Å². The zero-order valence-corrected chi connectivity index (χ0v) is 9.54. The number of aromatic nitrogens is 3. The molecule has 1 amide bonds. The Bertz CT molecular complexity index is 337. The van der Waals surface area contributed by atoms with Crippen molar-refractivity contribution in [1.29, 1.82) is 0 Å². The monoisotopic (exact) mass is 223 g/mol. The molecular formula is C10H17N5O. The maximum Gasteiger partial charge on any atom is 0.244 e. The minimum atomic E-state index is 0.126. The van der Waals surface area contributed by atoms with E-state index in [2.05, 4.69) is 22.3 Å². The van der Waals surface area contributed by atoms with Gasteiger partial charge in [0.25, 0.3) is 0 Å². The summed E-state index contributed by atoms with van der Waals surface area (Å²) in [6, 6.07) is 0. The predicted octanol–water partition coefficient (Wildman–Crippen LogP) is -0.558. The van der Waals surface area contributed by atoms with Gasteiger partial charge in [-0.2, -0.15) is 0 Å². The van der Waals surface area contributed by atoms with Crippen LogP contribution in [0.2, 0.25) is 0 Å². The van der Waals surface area contributed by atoms with Crippen LogP contribution in [0.15, 0.2) is 12.4 Å². The molecule has 0 atom stereocenters. The fourth-order valence-corrected chi connectivity index (χ4v) is 1.85. The topological polar surface area (TPSA) is 54.3 Å². The third-order valence-electron chi connectivity index (χ3n) is 2.84. The molecule has 2 heterocycles. The van der Waals surface area contributed by atoms with Gasteiger partial charge >= 0.3 is 0 Å². The smallest absolute Gasteiger partial charge is 0.244 e. The van der Waals surface area contributed by atoms with E-state index in [1.165, 1.54) is 0 Å². The summed E-state index contributed by atoms with van der Waals surface area (Å²) in [4.78, 5) is 16.1. The first-order chi connectivity index (χ1) is 7.75. The lowest BCUT2D eigenvalue weighted by Crippen LogP contribution is -2.36. The first-order valence-electron chi connectivity index (χ1n) is 5.56. The van der Waals surface area contributed by atoms with Crippen molar-refractivity contribution in [2.45, 2.75) is 13.0 Å². The molecule has 1 aromatic rings. The zero-order valence-electron chi connectivity index (χ0n) is 9.54. The van der Waals surface area contributed by atoms with Crippen LogP contribution in [0.4, 0.5) is 0 Å². The summed E-state index contributed by atoms with van der Waals surface area (Å²) in [5.41, 5.74) is 0. The zero-order chi connectivity index (χ0) is 11.4. The van der Waals surface area contributed by atoms with Crippen molar-refractivity contribution in [3.63, 3.8) is 0 Å². The maximum atomic E-state index is 11.9. The molecule has 0 bridgehead atoms. The van der Waals surface area contributed by atoms with Gasteiger partial charge in [-0.3, -0.25) is 4.79 Å². The molecule has 0 saturated carbocycles. The molecule has 0 radical (unpaired) electrons. The van der Waals surface area contributed by atoms with E-state index in [1.54, 1.807) is 17.1 Å². The molecule has 0 aromatic carbocycles. The van der Waals surface area contributed by atoms with E-state index in [0.29, 0.717) is 6.54 Å². The van der Waals surface area contributed by atoms with Crippen molar-refractivity contribution in [3.8, 4) is 0 Å². The Morgan fingerprint density at radius 1 is 1.31 bits per heavy atom. The van der Waals surface area contributed by atoms with E-state index in [9.17, 15) is 4.79 Å². The number of nitrogens with zero attached hydrogens (tertiary/aromatic N) is 5. The molecule has 1 saturated heterocycles. The van der Waals surface area contributed by atoms with Crippen molar-refractivity contribution < 1.29 is 4.79 Å². The Morgan fingerprint density at radius 2 is 2.19 bits per heavy atom. The van der Waals surface area contributed by atoms with Crippen molar-refractivity contribution in [1.82, 2.24) is 24.8 Å². The van der Waals surface area contributed by atoms with Crippen LogP contribution in [0.3, 0.4) is 0 Å². The molecular weight excluding hydrogens is 206 g/mol. The first kappa shape index (κ1) is 11.1. The van der Waals surface area contributed by atoms with Crippen LogP contribution < -0.4 is 0 Å². The summed E-state index contributed by atoms with van der Waals surface area (Å²) in [5, 5.41) is 7.48. The lowest BCUT2D eigenvalue weighted by Gasteiger charge is -2.20. The highest BCUT2D eigenvalue weighted by Crippen LogP contribution is 2.02. The van der Waals surface area contributed by atoms with Gasteiger partial charge in [-0.25, -0.2) is 4.68 Å². The lowest BCUT2D eigenvalue weighted by atomic mass is 10.4. The average Bonchev–Trinajstić information content (AvgIpc) is 2.66. The van der Waals surface area contributed by atoms with Gasteiger partial charge in [0.15, 0.2) is 0 Å². The van der Waals surface area contributed by atoms with Crippen LogP contribution >= 0.6 is 0 Å². The van der Waals surface area contributed by atoms with Gasteiger partial charge in [0.2, 0.25) is 5.91 Å². The lowest BCUT2D eigenvalue weighted by molar-refractivity contribution is -0.131. The second-order valence-electron chi connectivity index (χ2n) is 4.14. The molecule has 1 aliphatic heterocycles. The summed E-state index contributed by atoms with van der Waals surface area (Å²) in [6.45, 7) is 3.96. The van der Waals surface area contributed by atoms with E-state index in [1.807, 2.05) is 4.90 Å². The van der Waals surface area contributed by atoms with Crippen molar-refractivity contribution in [2.24, 2.45) is 0 Å². The number of likely N-dealkylation sites (N-methyl/N-ethyl adjacent to an activating group) is 1. The summed E-state index contributed by atoms with van der Waals surface area (Å²) in [5.74, 6) is 0.126. The Morgan fingerprint density at radius 3 is 2.94 bits per heavy atom. The third-order valence-corrected chi connectivity index (χ3v) is 2.84. The molecule has 1 aromatic heterocycles. The minimum absolute atomic E-state index is 0.126. The van der Waals surface area contributed by atoms with Crippen molar-refractivity contribution in [3.05, 3.63) is 12.4 Å². The second-order valence-corrected chi connectivity index (χ2v) is 4.14. The standard InChI is InChI=1S/C10H17N5O/c1-13-4-2-5-14(8-7-13)10(16)9-15-6-3-11-12-15/h3,6H,2,4-5,7-9H2,1H3. The molecule has 0 unspecified atom stereocenters. The van der Waals surface area contributed by atoms with Gasteiger partial charge in [-0.05, 0) is 20.0 Å². The molecule has 16 heavy (non-hydrogen) atoms. The molecule has 6 nitrogen and oxygen atoms in total. The predicted molar refractivity (Wildman–Crippen MR) is 58.7 cm³/mol. The van der Waals surface area contributed by atoms with Gasteiger partial charge in [-0.1, -0.05) is 5.21 Å². The summed E-state index contributed by atoms with van der Waals surface area (Å²) in [7, 11) is 2.09. The Hall–Kier alpha value is -1.43. The highest BCUT2D eigenvalue weighted by Gasteiger charge is 2.17. The van der Waals surface area contributed by atoms with Crippen LogP contribution in [-0.4, -0.2) is 63.9 Å². The quantitative estimate of drug-likeness (QED) is 0.674. The van der Waals surface area contributed by atoms with Crippen molar-refractivity contribution >= 4 is 5.91 Å². The molecule has 0 N–H and O–H groups in total. The van der Waals surface area contributed by atoms with Crippen LogP contribution in [0.25, 0.3) is 0 Å². The van der Waals surface area contributed by atoms with E-state index >= 15 is 0 Å². The maximum absolute atomic E-state index is 11.9. The molecule has 0 spiro atoms. The van der Waals surface area contributed by atoms with Gasteiger partial charge in [0, 0.05) is 25.8 Å². The van der Waals surface area contributed by atoms with Crippen LogP contribution in [-0.2, 0) is 11.3 Å². The van der Waals surface area contributed by atoms with E-state index in [4.69, 9.17) is 0 Å². The summed E-state index contributed by atoms with van der Waals surface area (Å²) < 4.78 is 1.57. The number of amides is 1. The Balaban J connectivity index is 1.89. The fraction of sp³-hybridized carbons (Fsp3) is 0.700. The highest BCUT2D eigenvalue weighted by atomic mass is 16.2. The van der Waals surface area contributed by atoms with Crippen LogP contribution in [0, 0.1) is 0 Å². The average molecular weight is 223 g/mol. The molecule has 88 valence electrons. The summed E-state index contributed by atoms with van der Waals surface area (Å²) in [6.07, 6.45) is 4.34. The molecule has 1 fully saturated rings. The highest BCUT2D eigenvalue weighted by molar-refractivity contribution is 5.75. The second kappa shape index (κ2) is 5.07. The number of hydrogen-bond acceptors (Lipinski definition) is 4.